The van der Waals surface area contributed by atoms with Gasteiger partial charge in [-0.25, -0.2) is 13.2 Å². The maximum Gasteiger partial charge on any atom is 0.363 e. The number of amides is 1. The molecule has 8 nitrogen and oxygen atoms in total. The van der Waals surface area contributed by atoms with Crippen LogP contribution in [0.1, 0.15) is 12.8 Å². The van der Waals surface area contributed by atoms with Crippen LogP contribution in [0.4, 0.5) is 17.1 Å². The van der Waals surface area contributed by atoms with Crippen molar-refractivity contribution < 1.29 is 17.6 Å². The third-order valence-electron chi connectivity index (χ3n) is 4.83. The van der Waals surface area contributed by atoms with Crippen molar-refractivity contribution in [1.82, 2.24) is 0 Å². The molecule has 9 heteroatoms. The van der Waals surface area contributed by atoms with Crippen molar-refractivity contribution in [2.75, 3.05) is 28.5 Å². The minimum Gasteiger partial charge on any atom is -0.421 e. The Morgan fingerprint density at radius 2 is 1.72 bits per heavy atom. The zero-order chi connectivity index (χ0) is 20.6. The molecule has 1 saturated heterocycles. The Labute approximate surface area is 167 Å². The molecule has 0 unspecified atom stereocenters. The van der Waals surface area contributed by atoms with E-state index in [1.807, 2.05) is 0 Å². The number of sulfonamides is 1. The highest BCUT2D eigenvalue weighted by atomic mass is 32.2. The van der Waals surface area contributed by atoms with Gasteiger partial charge in [0.05, 0.1) is 10.6 Å². The van der Waals surface area contributed by atoms with Crippen LogP contribution in [0, 0.1) is 0 Å². The Morgan fingerprint density at radius 3 is 2.38 bits per heavy atom. The van der Waals surface area contributed by atoms with E-state index < -0.39 is 15.6 Å². The molecular weight excluding hydrogens is 394 g/mol. The van der Waals surface area contributed by atoms with E-state index in [-0.39, 0.29) is 16.5 Å². The lowest BCUT2D eigenvalue weighted by atomic mass is 10.2. The summed E-state index contributed by atoms with van der Waals surface area (Å²) in [5, 5.41) is 3.45. The fourth-order valence-corrected chi connectivity index (χ4v) is 4.49. The number of para-hydroxylation sites is 1. The van der Waals surface area contributed by atoms with Crippen molar-refractivity contribution in [3.8, 4) is 0 Å². The van der Waals surface area contributed by atoms with E-state index in [0.29, 0.717) is 35.3 Å². The molecule has 2 N–H and O–H groups in total. The zero-order valence-corrected chi connectivity index (χ0v) is 16.5. The van der Waals surface area contributed by atoms with Crippen molar-refractivity contribution in [3.05, 3.63) is 59.0 Å². The van der Waals surface area contributed by atoms with Gasteiger partial charge in [-0.15, -0.1) is 0 Å². The largest absolute Gasteiger partial charge is 0.421 e. The van der Waals surface area contributed by atoms with Gasteiger partial charge in [-0.1, -0.05) is 12.1 Å². The highest BCUT2D eigenvalue weighted by Gasteiger charge is 2.24. The van der Waals surface area contributed by atoms with Crippen LogP contribution in [0.5, 0.6) is 0 Å². The lowest BCUT2D eigenvalue weighted by molar-refractivity contribution is -0.117. The Hall–Kier alpha value is -3.33. The number of rotatable bonds is 5. The minimum absolute atomic E-state index is 0.0196. The Balaban J connectivity index is 1.70. The molecule has 0 bridgehead atoms. The van der Waals surface area contributed by atoms with Gasteiger partial charge in [0, 0.05) is 31.1 Å². The average molecular weight is 413 g/mol. The van der Waals surface area contributed by atoms with Crippen molar-refractivity contribution in [2.24, 2.45) is 0 Å². The first-order valence-corrected chi connectivity index (χ1v) is 10.6. The van der Waals surface area contributed by atoms with E-state index in [0.717, 1.165) is 6.42 Å². The summed E-state index contributed by atoms with van der Waals surface area (Å²) in [5.74, 6) is 0.0196. The number of hydrogen-bond acceptors (Lipinski definition) is 6. The molecule has 4 rings (SSSR count). The van der Waals surface area contributed by atoms with E-state index in [2.05, 4.69) is 10.0 Å². The number of benzene rings is 2. The van der Waals surface area contributed by atoms with E-state index in [1.165, 1.54) is 12.1 Å². The minimum atomic E-state index is -4.04. The van der Waals surface area contributed by atoms with E-state index in [4.69, 9.17) is 4.42 Å². The SMILES string of the molecule is CNc1c(NS(=O)(=O)c2ccc(N3CCCC3=O)cc2)c(=O)oc2ccccc12. The number of nitrogens with zero attached hydrogens (tertiary/aromatic N) is 1. The third-order valence-corrected chi connectivity index (χ3v) is 6.20. The molecule has 1 fully saturated rings. The maximum absolute atomic E-state index is 12.9. The summed E-state index contributed by atoms with van der Waals surface area (Å²) in [4.78, 5) is 25.9. The van der Waals surface area contributed by atoms with Crippen LogP contribution in [-0.2, 0) is 14.8 Å². The molecule has 1 aromatic heterocycles. The van der Waals surface area contributed by atoms with Gasteiger partial charge in [0.25, 0.3) is 10.0 Å². The summed E-state index contributed by atoms with van der Waals surface area (Å²) in [7, 11) is -2.45. The van der Waals surface area contributed by atoms with Crippen LogP contribution in [0.3, 0.4) is 0 Å². The second kappa shape index (κ2) is 7.25. The molecule has 0 atom stereocenters. The van der Waals surface area contributed by atoms with E-state index >= 15 is 0 Å². The summed E-state index contributed by atoms with van der Waals surface area (Å²) in [5.41, 5.74) is 0.345. The smallest absolute Gasteiger partial charge is 0.363 e. The third kappa shape index (κ3) is 3.44. The molecule has 3 aromatic rings. The summed E-state index contributed by atoms with van der Waals surface area (Å²) >= 11 is 0. The van der Waals surface area contributed by atoms with E-state index in [1.54, 1.807) is 48.3 Å². The van der Waals surface area contributed by atoms with Crippen molar-refractivity contribution >= 4 is 44.0 Å². The average Bonchev–Trinajstić information content (AvgIpc) is 3.14. The van der Waals surface area contributed by atoms with Crippen LogP contribution in [0.15, 0.2) is 62.6 Å². The number of fused-ring (bicyclic) bond motifs is 1. The van der Waals surface area contributed by atoms with Gasteiger partial charge < -0.3 is 14.6 Å². The Bertz CT molecular complexity index is 1250. The normalized spacial score (nSPS) is 14.4. The molecule has 0 saturated carbocycles. The fourth-order valence-electron chi connectivity index (χ4n) is 3.42. The molecule has 1 aliphatic rings. The van der Waals surface area contributed by atoms with Gasteiger partial charge in [0.2, 0.25) is 5.91 Å². The molecule has 0 aliphatic carbocycles. The molecule has 1 aliphatic heterocycles. The number of hydrogen-bond donors (Lipinski definition) is 2. The molecule has 1 amide bonds. The van der Waals surface area contributed by atoms with Gasteiger partial charge >= 0.3 is 5.63 Å². The molecule has 150 valence electrons. The van der Waals surface area contributed by atoms with Crippen LogP contribution in [0.25, 0.3) is 11.0 Å². The predicted molar refractivity (Wildman–Crippen MR) is 111 cm³/mol. The first kappa shape index (κ1) is 19.0. The predicted octanol–water partition coefficient (Wildman–Crippen LogP) is 2.76. The van der Waals surface area contributed by atoms with Gasteiger partial charge in [-0.05, 0) is 42.8 Å². The van der Waals surface area contributed by atoms with Gasteiger partial charge in [-0.2, -0.15) is 0 Å². The number of anilines is 3. The second-order valence-electron chi connectivity index (χ2n) is 6.63. The number of carbonyl (C=O) groups excluding carboxylic acids is 1. The van der Waals surface area contributed by atoms with Crippen LogP contribution in [0.2, 0.25) is 0 Å². The van der Waals surface area contributed by atoms with Crippen molar-refractivity contribution in [3.63, 3.8) is 0 Å². The molecule has 0 radical (unpaired) electrons. The maximum atomic E-state index is 12.9. The van der Waals surface area contributed by atoms with Crippen molar-refractivity contribution in [2.45, 2.75) is 17.7 Å². The second-order valence-corrected chi connectivity index (χ2v) is 8.32. The van der Waals surface area contributed by atoms with Gasteiger partial charge in [-0.3, -0.25) is 9.52 Å². The lowest BCUT2D eigenvalue weighted by Gasteiger charge is -2.16. The fraction of sp³-hybridized carbons (Fsp3) is 0.200. The zero-order valence-electron chi connectivity index (χ0n) is 15.6. The first-order chi connectivity index (χ1) is 13.9. The molecule has 2 heterocycles. The summed E-state index contributed by atoms with van der Waals surface area (Å²) in [6.07, 6.45) is 1.27. The topological polar surface area (TPSA) is 109 Å². The summed E-state index contributed by atoms with van der Waals surface area (Å²) in [6.45, 7) is 0.618. The lowest BCUT2D eigenvalue weighted by Crippen LogP contribution is -2.24. The van der Waals surface area contributed by atoms with Crippen molar-refractivity contribution in [1.29, 1.82) is 0 Å². The highest BCUT2D eigenvalue weighted by Crippen LogP contribution is 2.30. The Kier molecular flexibility index (Phi) is 4.75. The van der Waals surface area contributed by atoms with Crippen LogP contribution in [-0.4, -0.2) is 27.9 Å². The quantitative estimate of drug-likeness (QED) is 0.623. The van der Waals surface area contributed by atoms with Crippen LogP contribution < -0.4 is 20.6 Å². The molecule has 0 spiro atoms. The highest BCUT2D eigenvalue weighted by molar-refractivity contribution is 7.92. The number of carbonyl (C=O) groups is 1. The standard InChI is InChI=1S/C20H19N3O5S/c1-21-18-15-5-2-3-6-16(15)28-20(25)19(18)22-29(26,27)14-10-8-13(9-11-14)23-12-4-7-17(23)24/h2-3,5-6,8-11,21-22H,4,7,12H2,1H3. The molecule has 29 heavy (non-hydrogen) atoms. The Morgan fingerprint density at radius 1 is 1.00 bits per heavy atom. The van der Waals surface area contributed by atoms with Gasteiger partial charge in [0.1, 0.15) is 5.58 Å². The monoisotopic (exact) mass is 413 g/mol. The van der Waals surface area contributed by atoms with Gasteiger partial charge in [0.15, 0.2) is 5.69 Å². The summed E-state index contributed by atoms with van der Waals surface area (Å²) in [6, 6.07) is 12.8. The molecule has 2 aromatic carbocycles. The summed E-state index contributed by atoms with van der Waals surface area (Å²) < 4.78 is 33.3. The van der Waals surface area contributed by atoms with Crippen LogP contribution >= 0.6 is 0 Å². The van der Waals surface area contributed by atoms with E-state index in [9.17, 15) is 18.0 Å². The first-order valence-electron chi connectivity index (χ1n) is 9.07. The molecular formula is C20H19N3O5S. The number of nitrogens with one attached hydrogen (secondary N) is 2.